The average Bonchev–Trinajstić information content (AvgIpc) is 2.81. The van der Waals surface area contributed by atoms with Gasteiger partial charge in [-0.3, -0.25) is 4.98 Å². The third kappa shape index (κ3) is 5.38. The van der Waals surface area contributed by atoms with Crippen molar-refractivity contribution in [1.29, 1.82) is 0 Å². The van der Waals surface area contributed by atoms with Gasteiger partial charge in [-0.1, -0.05) is 54.6 Å². The number of urea groups is 1. The van der Waals surface area contributed by atoms with E-state index >= 15 is 0 Å². The fraction of sp³-hybridized carbons (Fsp3) is 0.280. The molecule has 0 bridgehead atoms. The fourth-order valence-electron chi connectivity index (χ4n) is 3.71. The minimum absolute atomic E-state index is 0.0123. The van der Waals surface area contributed by atoms with Crippen molar-refractivity contribution in [3.8, 4) is 16.9 Å². The van der Waals surface area contributed by atoms with Gasteiger partial charge in [0.25, 0.3) is 0 Å². The van der Waals surface area contributed by atoms with Crippen molar-refractivity contribution in [3.05, 3.63) is 84.7 Å². The molecule has 0 atom stereocenters. The maximum atomic E-state index is 12.5. The molecule has 2 amide bonds. The number of hydrogen-bond donors (Lipinski definition) is 1. The molecule has 0 unspecified atom stereocenters. The zero-order chi connectivity index (χ0) is 20.6. The molecule has 1 aliphatic heterocycles. The van der Waals surface area contributed by atoms with Crippen LogP contribution in [0, 0.1) is 0 Å². The van der Waals surface area contributed by atoms with Crippen molar-refractivity contribution in [2.75, 3.05) is 19.6 Å². The van der Waals surface area contributed by atoms with Crippen LogP contribution < -0.4 is 10.1 Å². The largest absolute Gasteiger partial charge is 0.490 e. The number of piperidine rings is 1. The van der Waals surface area contributed by atoms with E-state index < -0.39 is 0 Å². The van der Waals surface area contributed by atoms with Gasteiger partial charge in [0.1, 0.15) is 11.9 Å². The molecule has 0 saturated carbocycles. The zero-order valence-corrected chi connectivity index (χ0v) is 17.0. The number of nitrogens with one attached hydrogen (secondary N) is 1. The Labute approximate surface area is 177 Å². The van der Waals surface area contributed by atoms with E-state index in [4.69, 9.17) is 4.74 Å². The van der Waals surface area contributed by atoms with Gasteiger partial charge in [0, 0.05) is 44.9 Å². The highest BCUT2D eigenvalue weighted by atomic mass is 16.5. The van der Waals surface area contributed by atoms with Crippen LogP contribution in [0.5, 0.6) is 5.75 Å². The molecule has 1 aliphatic rings. The summed E-state index contributed by atoms with van der Waals surface area (Å²) in [6, 6.07) is 22.6. The van der Waals surface area contributed by atoms with Crippen molar-refractivity contribution in [1.82, 2.24) is 15.2 Å². The predicted octanol–water partition coefficient (Wildman–Crippen LogP) is 4.54. The lowest BCUT2D eigenvalue weighted by Crippen LogP contribution is -2.46. The molecule has 0 radical (unpaired) electrons. The molecule has 0 aliphatic carbocycles. The number of carbonyl (C=O) groups is 1. The van der Waals surface area contributed by atoms with Crippen molar-refractivity contribution in [2.45, 2.75) is 25.4 Å². The molecule has 4 rings (SSSR count). The van der Waals surface area contributed by atoms with Crippen molar-refractivity contribution < 1.29 is 9.53 Å². The first-order valence-corrected chi connectivity index (χ1v) is 10.5. The van der Waals surface area contributed by atoms with E-state index in [1.807, 2.05) is 35.2 Å². The van der Waals surface area contributed by atoms with Gasteiger partial charge in [0.15, 0.2) is 0 Å². The third-order valence-corrected chi connectivity index (χ3v) is 5.43. The first-order chi connectivity index (χ1) is 14.8. The average molecular weight is 402 g/mol. The molecular formula is C25H27N3O2. The molecule has 1 aromatic heterocycles. The molecule has 2 aromatic carbocycles. The predicted molar refractivity (Wildman–Crippen MR) is 118 cm³/mol. The SMILES string of the molecule is O=C(NCCc1ccc(-c2ccccc2)cc1)N1CCC(Oc2ccncc2)CC1. The Morgan fingerprint density at radius 1 is 0.933 bits per heavy atom. The molecule has 0 spiro atoms. The quantitative estimate of drug-likeness (QED) is 0.660. The van der Waals surface area contributed by atoms with Crippen LogP contribution in [0.25, 0.3) is 11.1 Å². The first-order valence-electron chi connectivity index (χ1n) is 10.5. The summed E-state index contributed by atoms with van der Waals surface area (Å²) in [5.74, 6) is 0.839. The maximum Gasteiger partial charge on any atom is 0.317 e. The molecule has 2 heterocycles. The highest BCUT2D eigenvalue weighted by Gasteiger charge is 2.23. The number of pyridine rings is 1. The summed E-state index contributed by atoms with van der Waals surface area (Å²) in [6.45, 7) is 2.07. The summed E-state index contributed by atoms with van der Waals surface area (Å²) < 4.78 is 5.97. The normalized spacial score (nSPS) is 14.3. The lowest BCUT2D eigenvalue weighted by molar-refractivity contribution is 0.111. The topological polar surface area (TPSA) is 54.5 Å². The zero-order valence-electron chi connectivity index (χ0n) is 17.0. The number of rotatable bonds is 6. The Morgan fingerprint density at radius 3 is 2.30 bits per heavy atom. The Hall–Kier alpha value is -3.34. The molecule has 30 heavy (non-hydrogen) atoms. The Balaban J connectivity index is 1.18. The van der Waals surface area contributed by atoms with Crippen molar-refractivity contribution in [2.24, 2.45) is 0 Å². The second-order valence-corrected chi connectivity index (χ2v) is 7.53. The number of ether oxygens (including phenoxy) is 1. The van der Waals surface area contributed by atoms with Crippen molar-refractivity contribution >= 4 is 6.03 Å². The molecule has 3 aromatic rings. The smallest absolute Gasteiger partial charge is 0.317 e. The maximum absolute atomic E-state index is 12.5. The van der Waals surface area contributed by atoms with E-state index in [1.165, 1.54) is 16.7 Å². The summed E-state index contributed by atoms with van der Waals surface area (Å²) in [5.41, 5.74) is 3.65. The number of nitrogens with zero attached hydrogens (tertiary/aromatic N) is 2. The second-order valence-electron chi connectivity index (χ2n) is 7.53. The van der Waals surface area contributed by atoms with Crippen LogP contribution in [0.2, 0.25) is 0 Å². The molecule has 5 heteroatoms. The number of aromatic nitrogens is 1. The van der Waals surface area contributed by atoms with Crippen LogP contribution in [0.15, 0.2) is 79.1 Å². The molecule has 1 saturated heterocycles. The first kappa shape index (κ1) is 20.0. The van der Waals surface area contributed by atoms with Gasteiger partial charge >= 0.3 is 6.03 Å². The third-order valence-electron chi connectivity index (χ3n) is 5.43. The molecule has 154 valence electrons. The van der Waals surface area contributed by atoms with Gasteiger partial charge in [0.05, 0.1) is 0 Å². The number of likely N-dealkylation sites (tertiary alicyclic amines) is 1. The van der Waals surface area contributed by atoms with Crippen LogP contribution in [0.4, 0.5) is 4.79 Å². The monoisotopic (exact) mass is 401 g/mol. The number of amides is 2. The van der Waals surface area contributed by atoms with E-state index in [0.29, 0.717) is 19.6 Å². The van der Waals surface area contributed by atoms with Crippen LogP contribution in [-0.2, 0) is 6.42 Å². The van der Waals surface area contributed by atoms with Crippen LogP contribution >= 0.6 is 0 Å². The number of hydrogen-bond acceptors (Lipinski definition) is 3. The lowest BCUT2D eigenvalue weighted by atomic mass is 10.0. The summed E-state index contributed by atoms with van der Waals surface area (Å²) in [6.07, 6.45) is 6.12. The summed E-state index contributed by atoms with van der Waals surface area (Å²) in [7, 11) is 0. The van der Waals surface area contributed by atoms with Crippen molar-refractivity contribution in [3.63, 3.8) is 0 Å². The van der Waals surface area contributed by atoms with Gasteiger partial charge in [-0.05, 0) is 35.2 Å². The van der Waals surface area contributed by atoms with Crippen LogP contribution in [0.3, 0.4) is 0 Å². The Bertz CT molecular complexity index is 922. The lowest BCUT2D eigenvalue weighted by Gasteiger charge is -2.32. The van der Waals surface area contributed by atoms with E-state index in [1.54, 1.807) is 12.4 Å². The summed E-state index contributed by atoms with van der Waals surface area (Å²) in [5, 5.41) is 3.05. The number of benzene rings is 2. The standard InChI is InChI=1S/C25H27N3O2/c29-25(28-18-13-24(14-19-28)30-23-11-15-26-16-12-23)27-17-10-20-6-8-22(9-7-20)21-4-2-1-3-5-21/h1-9,11-12,15-16,24H,10,13-14,17-19H2,(H,27,29). The van der Waals surface area contributed by atoms with E-state index in [0.717, 1.165) is 25.0 Å². The van der Waals surface area contributed by atoms with E-state index in [-0.39, 0.29) is 12.1 Å². The highest BCUT2D eigenvalue weighted by Crippen LogP contribution is 2.20. The van der Waals surface area contributed by atoms with Crippen LogP contribution in [0.1, 0.15) is 18.4 Å². The molecule has 5 nitrogen and oxygen atoms in total. The number of carbonyl (C=O) groups excluding carboxylic acids is 1. The van der Waals surface area contributed by atoms with Gasteiger partial charge < -0.3 is 15.0 Å². The van der Waals surface area contributed by atoms with Gasteiger partial charge in [-0.2, -0.15) is 0 Å². The van der Waals surface area contributed by atoms with Gasteiger partial charge in [-0.25, -0.2) is 4.79 Å². The molecule has 1 fully saturated rings. The second kappa shape index (κ2) is 9.92. The van der Waals surface area contributed by atoms with Crippen LogP contribution in [-0.4, -0.2) is 41.7 Å². The highest BCUT2D eigenvalue weighted by molar-refractivity contribution is 5.74. The Kier molecular flexibility index (Phi) is 6.60. The van der Waals surface area contributed by atoms with E-state index in [2.05, 4.69) is 46.7 Å². The minimum Gasteiger partial charge on any atom is -0.490 e. The van der Waals surface area contributed by atoms with E-state index in [9.17, 15) is 4.79 Å². The summed E-state index contributed by atoms with van der Waals surface area (Å²) in [4.78, 5) is 18.3. The molecule has 1 N–H and O–H groups in total. The molecular weight excluding hydrogens is 374 g/mol. The fourth-order valence-corrected chi connectivity index (χ4v) is 3.71. The Morgan fingerprint density at radius 2 is 1.60 bits per heavy atom. The summed E-state index contributed by atoms with van der Waals surface area (Å²) >= 11 is 0. The minimum atomic E-state index is 0.0123. The van der Waals surface area contributed by atoms with Gasteiger partial charge in [0.2, 0.25) is 0 Å². The van der Waals surface area contributed by atoms with Gasteiger partial charge in [-0.15, -0.1) is 0 Å².